The van der Waals surface area contributed by atoms with E-state index in [1.54, 1.807) is 0 Å². The van der Waals surface area contributed by atoms with E-state index >= 15 is 0 Å². The number of carbonyl (C=O) groups is 1. The van der Waals surface area contributed by atoms with Crippen molar-refractivity contribution in [3.8, 4) is 0 Å². The molecule has 1 saturated heterocycles. The Morgan fingerprint density at radius 2 is 2.06 bits per heavy atom. The third-order valence-electron chi connectivity index (χ3n) is 8.54. The smallest absolute Gasteiger partial charge is 0.334 e. The first-order valence-corrected chi connectivity index (χ1v) is 11.4. The van der Waals surface area contributed by atoms with Gasteiger partial charge in [-0.25, -0.2) is 0 Å². The predicted molar refractivity (Wildman–Crippen MR) is 109 cm³/mol. The minimum atomic E-state index is -4.43. The molecule has 5 heterocycles. The van der Waals surface area contributed by atoms with Crippen LogP contribution in [-0.2, 0) is 36.9 Å². The molecular formula is C23H26F3N5O. The van der Waals surface area contributed by atoms with Crippen LogP contribution in [-0.4, -0.2) is 49.5 Å². The highest BCUT2D eigenvalue weighted by Gasteiger charge is 2.61. The Labute approximate surface area is 184 Å². The zero-order chi connectivity index (χ0) is 22.3. The maximum absolute atomic E-state index is 13.7. The fraction of sp³-hybridized carbons (Fsp3) is 0.609. The van der Waals surface area contributed by atoms with E-state index in [1.165, 1.54) is 17.3 Å². The Morgan fingerprint density at radius 1 is 1.22 bits per heavy atom. The molecule has 2 aromatic rings. The molecule has 4 atom stereocenters. The number of fused-ring (bicyclic) bond motifs is 3. The van der Waals surface area contributed by atoms with Crippen molar-refractivity contribution in [3.05, 3.63) is 46.5 Å². The minimum Gasteiger partial charge on any atom is -0.334 e. The van der Waals surface area contributed by atoms with E-state index in [2.05, 4.69) is 27.0 Å². The second-order valence-electron chi connectivity index (χ2n) is 9.97. The maximum Gasteiger partial charge on any atom is 0.417 e. The first kappa shape index (κ1) is 20.2. The molecule has 0 aromatic carbocycles. The third kappa shape index (κ3) is 2.86. The lowest BCUT2D eigenvalue weighted by Gasteiger charge is -2.34. The van der Waals surface area contributed by atoms with Gasteiger partial charge in [-0.05, 0) is 36.8 Å². The highest BCUT2D eigenvalue weighted by molar-refractivity contribution is 5.87. The Bertz CT molecular complexity index is 1080. The number of hydrogen-bond acceptors (Lipinski definition) is 4. The Hall–Kier alpha value is -2.42. The van der Waals surface area contributed by atoms with Crippen molar-refractivity contribution in [3.63, 3.8) is 0 Å². The van der Waals surface area contributed by atoms with Crippen LogP contribution < -0.4 is 0 Å². The number of carbonyl (C=O) groups excluding carboxylic acids is 1. The summed E-state index contributed by atoms with van der Waals surface area (Å²) in [5.74, 6) is 0.285. The average Bonchev–Trinajstić information content (AvgIpc) is 3.47. The summed E-state index contributed by atoms with van der Waals surface area (Å²) in [7, 11) is 0. The molecule has 2 aromatic heterocycles. The molecule has 0 bridgehead atoms. The Morgan fingerprint density at radius 3 is 2.88 bits per heavy atom. The number of H-pyrrole nitrogens is 1. The zero-order valence-electron chi connectivity index (χ0n) is 18.0. The first-order chi connectivity index (χ1) is 15.3. The first-order valence-electron chi connectivity index (χ1n) is 11.4. The Balaban J connectivity index is 1.24. The SMILES string of the molecule is CC1C2Cc3ncc(C(F)(F)F)cc3CN2C(=O)[C@]12CCC(N1CCc3[nH]ncc3C1)C2. The lowest BCUT2D eigenvalue weighted by molar-refractivity contribution is -0.138. The summed E-state index contributed by atoms with van der Waals surface area (Å²) in [6, 6.07) is 1.54. The summed E-state index contributed by atoms with van der Waals surface area (Å²) in [6.45, 7) is 4.21. The number of aromatic amines is 1. The van der Waals surface area contributed by atoms with Crippen LogP contribution in [0.25, 0.3) is 0 Å². The standard InChI is InChI=1S/C23H26F3N5O/c1-13-20-7-19-14(6-16(10-27-19)23(24,25)26)12-31(20)21(32)22(13)4-2-17(8-22)30-5-3-18-15(11-30)9-28-29-18/h6,9-10,13,17,20H,2-5,7-8,11-12H2,1H3,(H,28,29)/t13?,17?,20?,22-/m0/s1. The molecule has 0 radical (unpaired) electrons. The molecular weight excluding hydrogens is 419 g/mol. The second-order valence-corrected chi connectivity index (χ2v) is 9.97. The molecule has 9 heteroatoms. The number of halogens is 3. The molecule has 1 amide bonds. The summed E-state index contributed by atoms with van der Waals surface area (Å²) >= 11 is 0. The number of nitrogens with zero attached hydrogens (tertiary/aromatic N) is 4. The van der Waals surface area contributed by atoms with Crippen LogP contribution in [0.15, 0.2) is 18.5 Å². The van der Waals surface area contributed by atoms with Gasteiger partial charge in [0.05, 0.1) is 17.2 Å². The van der Waals surface area contributed by atoms with E-state index < -0.39 is 17.2 Å². The van der Waals surface area contributed by atoms with E-state index in [0.29, 0.717) is 23.7 Å². The fourth-order valence-corrected chi connectivity index (χ4v) is 6.67. The number of alkyl halides is 3. The normalized spacial score (nSPS) is 32.3. The van der Waals surface area contributed by atoms with Gasteiger partial charge in [-0.2, -0.15) is 18.3 Å². The molecule has 1 saturated carbocycles. The largest absolute Gasteiger partial charge is 0.417 e. The van der Waals surface area contributed by atoms with Crippen LogP contribution in [0.4, 0.5) is 13.2 Å². The molecule has 4 aliphatic rings. The number of hydrogen-bond donors (Lipinski definition) is 1. The van der Waals surface area contributed by atoms with Crippen LogP contribution in [0, 0.1) is 11.3 Å². The van der Waals surface area contributed by atoms with Gasteiger partial charge in [0.2, 0.25) is 5.91 Å². The van der Waals surface area contributed by atoms with Crippen molar-refractivity contribution >= 4 is 5.91 Å². The van der Waals surface area contributed by atoms with E-state index in [0.717, 1.165) is 45.0 Å². The Kier molecular flexibility index (Phi) is 4.29. The molecule has 6 rings (SSSR count). The summed E-state index contributed by atoms with van der Waals surface area (Å²) in [5, 5.41) is 7.23. The van der Waals surface area contributed by atoms with E-state index in [4.69, 9.17) is 0 Å². The van der Waals surface area contributed by atoms with Crippen LogP contribution in [0.5, 0.6) is 0 Å². The molecule has 3 aliphatic heterocycles. The number of rotatable bonds is 1. The van der Waals surface area contributed by atoms with Gasteiger partial charge < -0.3 is 4.90 Å². The van der Waals surface area contributed by atoms with E-state index in [-0.39, 0.29) is 24.4 Å². The van der Waals surface area contributed by atoms with Gasteiger partial charge in [0.25, 0.3) is 0 Å². The van der Waals surface area contributed by atoms with Crippen molar-refractivity contribution in [1.29, 1.82) is 0 Å². The van der Waals surface area contributed by atoms with Gasteiger partial charge in [0.15, 0.2) is 0 Å². The number of pyridine rings is 1. The predicted octanol–water partition coefficient (Wildman–Crippen LogP) is 3.32. The minimum absolute atomic E-state index is 0.0137. The lowest BCUT2D eigenvalue weighted by Crippen LogP contribution is -2.41. The van der Waals surface area contributed by atoms with Crippen LogP contribution in [0.1, 0.15) is 54.3 Å². The molecule has 1 N–H and O–H groups in total. The molecule has 1 spiro atoms. The van der Waals surface area contributed by atoms with Crippen LogP contribution >= 0.6 is 0 Å². The van der Waals surface area contributed by atoms with Gasteiger partial charge in [-0.3, -0.25) is 19.8 Å². The third-order valence-corrected chi connectivity index (χ3v) is 8.54. The summed E-state index contributed by atoms with van der Waals surface area (Å²) in [6.07, 6.45) is 2.53. The number of amides is 1. The lowest BCUT2D eigenvalue weighted by atomic mass is 9.73. The van der Waals surface area contributed by atoms with Crippen molar-refractivity contribution < 1.29 is 18.0 Å². The zero-order valence-corrected chi connectivity index (χ0v) is 18.0. The van der Waals surface area contributed by atoms with Crippen molar-refractivity contribution in [2.75, 3.05) is 6.54 Å². The van der Waals surface area contributed by atoms with Crippen molar-refractivity contribution in [1.82, 2.24) is 25.0 Å². The fourth-order valence-electron chi connectivity index (χ4n) is 6.67. The molecule has 170 valence electrons. The second kappa shape index (κ2) is 6.79. The monoisotopic (exact) mass is 445 g/mol. The molecule has 3 unspecified atom stereocenters. The van der Waals surface area contributed by atoms with Gasteiger partial charge in [-0.15, -0.1) is 0 Å². The highest BCUT2D eigenvalue weighted by atomic mass is 19.4. The van der Waals surface area contributed by atoms with Crippen LogP contribution in [0.3, 0.4) is 0 Å². The summed E-state index contributed by atoms with van der Waals surface area (Å²) in [5.41, 5.74) is 2.53. The number of aromatic nitrogens is 3. The van der Waals surface area contributed by atoms with Gasteiger partial charge in [-0.1, -0.05) is 6.92 Å². The van der Waals surface area contributed by atoms with Crippen molar-refractivity contribution in [2.45, 2.75) is 70.4 Å². The van der Waals surface area contributed by atoms with Crippen molar-refractivity contribution in [2.24, 2.45) is 11.3 Å². The topological polar surface area (TPSA) is 65.1 Å². The highest BCUT2D eigenvalue weighted by Crippen LogP contribution is 2.55. The van der Waals surface area contributed by atoms with Gasteiger partial charge in [0.1, 0.15) is 0 Å². The van der Waals surface area contributed by atoms with Crippen LogP contribution in [0.2, 0.25) is 0 Å². The molecule has 32 heavy (non-hydrogen) atoms. The summed E-state index contributed by atoms with van der Waals surface area (Å²) < 4.78 is 39.5. The maximum atomic E-state index is 13.7. The quantitative estimate of drug-likeness (QED) is 0.732. The molecule has 6 nitrogen and oxygen atoms in total. The molecule has 2 fully saturated rings. The average molecular weight is 445 g/mol. The van der Waals surface area contributed by atoms with E-state index in [1.807, 2.05) is 11.1 Å². The van der Waals surface area contributed by atoms with Gasteiger partial charge in [0, 0.05) is 67.7 Å². The van der Waals surface area contributed by atoms with Gasteiger partial charge >= 0.3 is 6.18 Å². The van der Waals surface area contributed by atoms with E-state index in [9.17, 15) is 18.0 Å². The molecule has 1 aliphatic carbocycles. The number of nitrogens with one attached hydrogen (secondary N) is 1. The summed E-state index contributed by atoms with van der Waals surface area (Å²) in [4.78, 5) is 22.2.